The topological polar surface area (TPSA) is 59.1 Å². The highest BCUT2D eigenvalue weighted by atomic mass is 16.5. The van der Waals surface area contributed by atoms with Crippen molar-refractivity contribution >= 4 is 29.3 Å². The molecule has 0 N–H and O–H groups in total. The van der Waals surface area contributed by atoms with E-state index in [9.17, 15) is 9.59 Å². The average Bonchev–Trinajstić information content (AvgIpc) is 3.00. The molecule has 0 saturated heterocycles. The van der Waals surface area contributed by atoms with Gasteiger partial charge in [0, 0.05) is 29.1 Å². The zero-order valence-corrected chi connectivity index (χ0v) is 22.9. The maximum absolute atomic E-state index is 13.9. The van der Waals surface area contributed by atoms with Crippen LogP contribution in [0.5, 0.6) is 11.5 Å². The quantitative estimate of drug-likeness (QED) is 0.242. The molecular weight excluding hydrogens is 500 g/mol. The standard InChI is InChI=1S/C34H32N2O4/c1-24-23-32(30-11-7-8-12-31(30)35(24)34(38)26-16-20-29(40-3)21-17-26)36(27-9-5-4-6-10-27)33(37)22-15-25-13-18-28(39-2)19-14-25/h4-22,24,32H,23H2,1-3H3. The van der Waals surface area contributed by atoms with Gasteiger partial charge in [-0.25, -0.2) is 0 Å². The smallest absolute Gasteiger partial charge is 0.258 e. The number of carbonyl (C=O) groups is 2. The van der Waals surface area contributed by atoms with E-state index < -0.39 is 0 Å². The van der Waals surface area contributed by atoms with E-state index in [1.807, 2.05) is 102 Å². The highest BCUT2D eigenvalue weighted by Gasteiger charge is 2.38. The van der Waals surface area contributed by atoms with Crippen molar-refractivity contribution in [2.45, 2.75) is 25.4 Å². The Bertz CT molecular complexity index is 1500. The van der Waals surface area contributed by atoms with E-state index in [-0.39, 0.29) is 23.9 Å². The maximum atomic E-state index is 13.9. The molecular formula is C34H32N2O4. The second-order valence-corrected chi connectivity index (χ2v) is 9.71. The van der Waals surface area contributed by atoms with Gasteiger partial charge in [0.05, 0.1) is 20.3 Å². The zero-order chi connectivity index (χ0) is 28.1. The van der Waals surface area contributed by atoms with Gasteiger partial charge in [-0.1, -0.05) is 48.5 Å². The van der Waals surface area contributed by atoms with Crippen LogP contribution in [0.25, 0.3) is 6.08 Å². The first-order valence-corrected chi connectivity index (χ1v) is 13.3. The summed E-state index contributed by atoms with van der Waals surface area (Å²) in [6, 6.07) is 31.8. The second kappa shape index (κ2) is 11.9. The van der Waals surface area contributed by atoms with Gasteiger partial charge in [0.1, 0.15) is 11.5 Å². The van der Waals surface area contributed by atoms with Crippen LogP contribution in [0, 0.1) is 0 Å². The average molecular weight is 533 g/mol. The van der Waals surface area contributed by atoms with Crippen LogP contribution in [0.15, 0.2) is 109 Å². The number of hydrogen-bond donors (Lipinski definition) is 0. The van der Waals surface area contributed by atoms with E-state index in [0.29, 0.717) is 17.7 Å². The number of amides is 2. The molecule has 0 aliphatic carbocycles. The maximum Gasteiger partial charge on any atom is 0.258 e. The molecule has 0 saturated carbocycles. The molecule has 0 spiro atoms. The van der Waals surface area contributed by atoms with Crippen LogP contribution in [-0.4, -0.2) is 32.1 Å². The van der Waals surface area contributed by atoms with Gasteiger partial charge in [-0.05, 0) is 85.1 Å². The van der Waals surface area contributed by atoms with Crippen molar-refractivity contribution in [3.63, 3.8) is 0 Å². The Labute approximate surface area is 235 Å². The van der Waals surface area contributed by atoms with Gasteiger partial charge in [-0.2, -0.15) is 0 Å². The van der Waals surface area contributed by atoms with Gasteiger partial charge >= 0.3 is 0 Å². The molecule has 40 heavy (non-hydrogen) atoms. The van der Waals surface area contributed by atoms with Crippen LogP contribution >= 0.6 is 0 Å². The molecule has 0 bridgehead atoms. The number of fused-ring (bicyclic) bond motifs is 1. The fourth-order valence-electron chi connectivity index (χ4n) is 5.22. The lowest BCUT2D eigenvalue weighted by Gasteiger charge is -2.43. The number of nitrogens with zero attached hydrogens (tertiary/aromatic N) is 2. The summed E-state index contributed by atoms with van der Waals surface area (Å²) in [5.74, 6) is 1.24. The van der Waals surface area contributed by atoms with Gasteiger partial charge in [-0.3, -0.25) is 9.59 Å². The Kier molecular flexibility index (Phi) is 7.97. The van der Waals surface area contributed by atoms with Crippen LogP contribution in [0.2, 0.25) is 0 Å². The van der Waals surface area contributed by atoms with E-state index in [0.717, 1.165) is 28.3 Å². The number of ether oxygens (including phenoxy) is 2. The predicted molar refractivity (Wildman–Crippen MR) is 159 cm³/mol. The number of carbonyl (C=O) groups excluding carboxylic acids is 2. The highest BCUT2D eigenvalue weighted by Crippen LogP contribution is 2.43. The molecule has 1 heterocycles. The molecule has 0 fully saturated rings. The minimum Gasteiger partial charge on any atom is -0.497 e. The lowest BCUT2D eigenvalue weighted by molar-refractivity contribution is -0.114. The van der Waals surface area contributed by atoms with Crippen molar-refractivity contribution in [2.75, 3.05) is 24.0 Å². The van der Waals surface area contributed by atoms with Gasteiger partial charge in [0.2, 0.25) is 0 Å². The molecule has 1 aliphatic heterocycles. The number of hydrogen-bond acceptors (Lipinski definition) is 4. The van der Waals surface area contributed by atoms with Gasteiger partial charge in [0.15, 0.2) is 0 Å². The molecule has 6 nitrogen and oxygen atoms in total. The Hall–Kier alpha value is -4.84. The minimum absolute atomic E-state index is 0.0851. The minimum atomic E-state index is -0.262. The molecule has 4 aromatic rings. The third kappa shape index (κ3) is 5.47. The zero-order valence-electron chi connectivity index (χ0n) is 22.9. The van der Waals surface area contributed by atoms with Gasteiger partial charge < -0.3 is 19.3 Å². The van der Waals surface area contributed by atoms with E-state index in [1.165, 1.54) is 0 Å². The summed E-state index contributed by atoms with van der Waals surface area (Å²) >= 11 is 0. The number of anilines is 2. The van der Waals surface area contributed by atoms with Crippen LogP contribution in [0.4, 0.5) is 11.4 Å². The molecule has 2 atom stereocenters. The number of methoxy groups -OCH3 is 2. The molecule has 6 heteroatoms. The Morgan fingerprint density at radius 2 is 1.40 bits per heavy atom. The first kappa shape index (κ1) is 26.8. The molecule has 5 rings (SSSR count). The number of rotatable bonds is 7. The summed E-state index contributed by atoms with van der Waals surface area (Å²) in [4.78, 5) is 31.3. The van der Waals surface area contributed by atoms with Crippen molar-refractivity contribution in [1.82, 2.24) is 0 Å². The van der Waals surface area contributed by atoms with E-state index >= 15 is 0 Å². The lowest BCUT2D eigenvalue weighted by atomic mass is 9.89. The SMILES string of the molecule is COc1ccc(C=CC(=O)N(c2ccccc2)C2CC(C)N(C(=O)c3ccc(OC)cc3)c3ccccc32)cc1. The Morgan fingerprint density at radius 1 is 0.800 bits per heavy atom. The molecule has 1 aliphatic rings. The van der Waals surface area contributed by atoms with E-state index in [2.05, 4.69) is 0 Å². The number of para-hydroxylation sites is 2. The molecule has 202 valence electrons. The van der Waals surface area contributed by atoms with Gasteiger partial charge in [0.25, 0.3) is 11.8 Å². The van der Waals surface area contributed by atoms with Crippen LogP contribution in [0.1, 0.15) is 40.9 Å². The molecule has 0 aromatic heterocycles. The van der Waals surface area contributed by atoms with Crippen molar-refractivity contribution in [3.8, 4) is 11.5 Å². The van der Waals surface area contributed by atoms with E-state index in [4.69, 9.17) is 9.47 Å². The molecule has 4 aromatic carbocycles. The van der Waals surface area contributed by atoms with Gasteiger partial charge in [-0.15, -0.1) is 0 Å². The Morgan fingerprint density at radius 3 is 2.05 bits per heavy atom. The monoisotopic (exact) mass is 532 g/mol. The van der Waals surface area contributed by atoms with Crippen LogP contribution in [0.3, 0.4) is 0 Å². The summed E-state index contributed by atoms with van der Waals surface area (Å²) < 4.78 is 10.5. The number of benzene rings is 4. The summed E-state index contributed by atoms with van der Waals surface area (Å²) in [5, 5.41) is 0. The molecule has 2 amide bonds. The second-order valence-electron chi connectivity index (χ2n) is 9.71. The van der Waals surface area contributed by atoms with E-state index in [1.54, 1.807) is 44.6 Å². The lowest BCUT2D eigenvalue weighted by Crippen LogP contribution is -2.47. The highest BCUT2D eigenvalue weighted by molar-refractivity contribution is 6.08. The van der Waals surface area contributed by atoms with Crippen molar-refractivity contribution < 1.29 is 19.1 Å². The third-order valence-electron chi connectivity index (χ3n) is 7.23. The summed E-state index contributed by atoms with van der Waals surface area (Å²) in [6.07, 6.45) is 4.00. The predicted octanol–water partition coefficient (Wildman–Crippen LogP) is 6.93. The Balaban J connectivity index is 1.51. The van der Waals surface area contributed by atoms with Crippen LogP contribution in [-0.2, 0) is 4.79 Å². The summed E-state index contributed by atoms with van der Waals surface area (Å²) in [7, 11) is 3.23. The first-order chi connectivity index (χ1) is 19.5. The summed E-state index contributed by atoms with van der Waals surface area (Å²) in [5.41, 5.74) is 4.02. The third-order valence-corrected chi connectivity index (χ3v) is 7.23. The van der Waals surface area contributed by atoms with Crippen molar-refractivity contribution in [1.29, 1.82) is 0 Å². The van der Waals surface area contributed by atoms with Crippen molar-refractivity contribution in [3.05, 3.63) is 126 Å². The molecule has 0 radical (unpaired) electrons. The largest absolute Gasteiger partial charge is 0.497 e. The fraction of sp³-hybridized carbons (Fsp3) is 0.176. The summed E-state index contributed by atoms with van der Waals surface area (Å²) in [6.45, 7) is 2.03. The van der Waals surface area contributed by atoms with Crippen LogP contribution < -0.4 is 19.3 Å². The fourth-order valence-corrected chi connectivity index (χ4v) is 5.22. The molecule has 2 unspecified atom stereocenters. The van der Waals surface area contributed by atoms with Crippen molar-refractivity contribution in [2.24, 2.45) is 0 Å². The normalized spacial score (nSPS) is 16.3. The first-order valence-electron chi connectivity index (χ1n) is 13.3.